The van der Waals surface area contributed by atoms with Crippen LogP contribution in [0.1, 0.15) is 36.2 Å². The van der Waals surface area contributed by atoms with Crippen molar-refractivity contribution in [3.63, 3.8) is 0 Å². The Morgan fingerprint density at radius 3 is 2.12 bits per heavy atom. The van der Waals surface area contributed by atoms with Crippen LogP contribution in [0.4, 0.5) is 0 Å². The molecule has 1 fully saturated rings. The maximum Gasteiger partial charge on any atom is 0.251 e. The Kier molecular flexibility index (Phi) is 8.41. The molecule has 8 heteroatoms. The van der Waals surface area contributed by atoms with E-state index < -0.39 is 16.1 Å². The van der Waals surface area contributed by atoms with Gasteiger partial charge in [-0.1, -0.05) is 68.8 Å². The Morgan fingerprint density at radius 1 is 0.970 bits per heavy atom. The van der Waals surface area contributed by atoms with Crippen LogP contribution in [0.2, 0.25) is 0 Å². The first-order valence-corrected chi connectivity index (χ1v) is 12.7. The molecule has 3 rings (SSSR count). The van der Waals surface area contributed by atoms with E-state index in [1.54, 1.807) is 35.2 Å². The van der Waals surface area contributed by atoms with E-state index in [1.807, 2.05) is 50.2 Å². The molecule has 1 aliphatic rings. The monoisotopic (exact) mass is 469 g/mol. The van der Waals surface area contributed by atoms with Crippen molar-refractivity contribution in [2.24, 2.45) is 5.92 Å². The van der Waals surface area contributed by atoms with Gasteiger partial charge >= 0.3 is 0 Å². The highest BCUT2D eigenvalue weighted by molar-refractivity contribution is 7.92. The van der Waals surface area contributed by atoms with Crippen LogP contribution < -0.4 is 5.32 Å². The van der Waals surface area contributed by atoms with E-state index in [-0.39, 0.29) is 43.9 Å². The summed E-state index contributed by atoms with van der Waals surface area (Å²) in [6, 6.07) is 17.4. The number of amides is 2. The van der Waals surface area contributed by atoms with Gasteiger partial charge in [0.25, 0.3) is 5.91 Å². The maximum absolute atomic E-state index is 13.3. The molecule has 1 N–H and O–H groups in total. The van der Waals surface area contributed by atoms with Gasteiger partial charge in [0.15, 0.2) is 0 Å². The third-order valence-electron chi connectivity index (χ3n) is 5.94. The molecule has 1 heterocycles. The molecule has 0 spiro atoms. The summed E-state index contributed by atoms with van der Waals surface area (Å²) in [7, 11) is -3.58. The zero-order chi connectivity index (χ0) is 23.8. The van der Waals surface area contributed by atoms with Crippen molar-refractivity contribution in [1.29, 1.82) is 0 Å². The third kappa shape index (κ3) is 6.52. The Hall–Kier alpha value is -2.97. The number of hydrogen-bond acceptors (Lipinski definition) is 4. The van der Waals surface area contributed by atoms with Crippen LogP contribution in [0.15, 0.2) is 66.1 Å². The van der Waals surface area contributed by atoms with Gasteiger partial charge in [-0.3, -0.25) is 9.59 Å². The highest BCUT2D eigenvalue weighted by Crippen LogP contribution is 2.16. The topological polar surface area (TPSA) is 86.8 Å². The van der Waals surface area contributed by atoms with E-state index in [9.17, 15) is 18.0 Å². The van der Waals surface area contributed by atoms with Crippen LogP contribution in [0.25, 0.3) is 6.08 Å². The van der Waals surface area contributed by atoms with Crippen LogP contribution in [-0.2, 0) is 14.8 Å². The molecule has 0 bridgehead atoms. The molecule has 2 amide bonds. The average Bonchev–Trinajstić information content (AvgIpc) is 2.86. The number of benzene rings is 2. The van der Waals surface area contributed by atoms with Crippen LogP contribution in [0, 0.1) is 5.92 Å². The third-order valence-corrected chi connectivity index (χ3v) is 7.51. The van der Waals surface area contributed by atoms with E-state index in [1.165, 1.54) is 9.71 Å². The lowest BCUT2D eigenvalue weighted by atomic mass is 9.97. The molecule has 2 unspecified atom stereocenters. The summed E-state index contributed by atoms with van der Waals surface area (Å²) in [4.78, 5) is 27.6. The predicted molar refractivity (Wildman–Crippen MR) is 130 cm³/mol. The van der Waals surface area contributed by atoms with Crippen molar-refractivity contribution in [3.8, 4) is 0 Å². The molecule has 1 aliphatic heterocycles. The van der Waals surface area contributed by atoms with Crippen LogP contribution >= 0.6 is 0 Å². The largest absolute Gasteiger partial charge is 0.340 e. The molecule has 33 heavy (non-hydrogen) atoms. The summed E-state index contributed by atoms with van der Waals surface area (Å²) in [6.45, 7) is 4.91. The van der Waals surface area contributed by atoms with Gasteiger partial charge in [0.1, 0.15) is 6.04 Å². The van der Waals surface area contributed by atoms with Crippen molar-refractivity contribution in [3.05, 3.63) is 77.2 Å². The number of nitrogens with one attached hydrogen (secondary N) is 1. The first-order chi connectivity index (χ1) is 15.8. The van der Waals surface area contributed by atoms with E-state index in [0.717, 1.165) is 12.0 Å². The first-order valence-electron chi connectivity index (χ1n) is 11.2. The summed E-state index contributed by atoms with van der Waals surface area (Å²) in [5, 5.41) is 4.10. The number of sulfonamides is 1. The fraction of sp³-hybridized carbons (Fsp3) is 0.360. The minimum Gasteiger partial charge on any atom is -0.340 e. The Labute approximate surface area is 196 Å². The smallest absolute Gasteiger partial charge is 0.251 e. The molecule has 2 aromatic rings. The highest BCUT2D eigenvalue weighted by atomic mass is 32.2. The second kappa shape index (κ2) is 11.2. The van der Waals surface area contributed by atoms with Gasteiger partial charge < -0.3 is 10.2 Å². The lowest BCUT2D eigenvalue weighted by Crippen LogP contribution is -2.57. The van der Waals surface area contributed by atoms with Crippen molar-refractivity contribution >= 4 is 27.9 Å². The fourth-order valence-corrected chi connectivity index (χ4v) is 4.85. The molecule has 0 aromatic heterocycles. The van der Waals surface area contributed by atoms with Gasteiger partial charge in [0, 0.05) is 37.2 Å². The molecule has 0 aliphatic carbocycles. The molecular formula is C25H31N3O4S. The molecule has 2 aromatic carbocycles. The van der Waals surface area contributed by atoms with Gasteiger partial charge in [-0.05, 0) is 29.7 Å². The van der Waals surface area contributed by atoms with Crippen LogP contribution in [0.5, 0.6) is 0 Å². The van der Waals surface area contributed by atoms with Gasteiger partial charge in [-0.2, -0.15) is 4.31 Å². The molecule has 1 saturated heterocycles. The van der Waals surface area contributed by atoms with Crippen molar-refractivity contribution in [2.75, 3.05) is 26.2 Å². The Balaban J connectivity index is 1.63. The summed E-state index contributed by atoms with van der Waals surface area (Å²) >= 11 is 0. The molecule has 2 atom stereocenters. The molecule has 176 valence electrons. The second-order valence-corrected chi connectivity index (χ2v) is 10.0. The molecule has 0 saturated carbocycles. The van der Waals surface area contributed by atoms with E-state index in [0.29, 0.717) is 5.56 Å². The minimum absolute atomic E-state index is 0.0549. The zero-order valence-corrected chi connectivity index (χ0v) is 19.9. The van der Waals surface area contributed by atoms with Gasteiger partial charge in [0.05, 0.1) is 0 Å². The second-order valence-electron chi connectivity index (χ2n) is 8.19. The standard InChI is InChI=1S/C25H31N3O4S/c1-3-20(2)23(26-24(29)22-12-8-5-9-13-22)25(30)27-15-17-28(18-16-27)33(31,32)19-14-21-10-6-4-7-11-21/h4-14,19-20,23H,3,15-18H2,1-2H3,(H,26,29). The van der Waals surface area contributed by atoms with Crippen molar-refractivity contribution < 1.29 is 18.0 Å². The number of hydrogen-bond donors (Lipinski definition) is 1. The van der Waals surface area contributed by atoms with Crippen molar-refractivity contribution in [2.45, 2.75) is 26.3 Å². The van der Waals surface area contributed by atoms with Crippen LogP contribution in [0.3, 0.4) is 0 Å². The lowest BCUT2D eigenvalue weighted by Gasteiger charge is -2.36. The summed E-state index contributed by atoms with van der Waals surface area (Å²) in [5.41, 5.74) is 1.31. The normalized spacial score (nSPS) is 17.0. The van der Waals surface area contributed by atoms with Crippen LogP contribution in [-0.4, -0.2) is 61.7 Å². The minimum atomic E-state index is -3.58. The van der Waals surface area contributed by atoms with E-state index in [2.05, 4.69) is 5.32 Å². The zero-order valence-electron chi connectivity index (χ0n) is 19.1. The quantitative estimate of drug-likeness (QED) is 0.644. The molecule has 7 nitrogen and oxygen atoms in total. The van der Waals surface area contributed by atoms with Gasteiger partial charge in [-0.15, -0.1) is 0 Å². The predicted octanol–water partition coefficient (Wildman–Crippen LogP) is 2.98. The number of carbonyl (C=O) groups excluding carboxylic acids is 2. The van der Waals surface area contributed by atoms with E-state index >= 15 is 0 Å². The molecule has 0 radical (unpaired) electrons. The van der Waals surface area contributed by atoms with Gasteiger partial charge in [-0.25, -0.2) is 8.42 Å². The fourth-order valence-electron chi connectivity index (χ4n) is 3.67. The van der Waals surface area contributed by atoms with E-state index in [4.69, 9.17) is 0 Å². The summed E-state index contributed by atoms with van der Waals surface area (Å²) in [5.74, 6) is -0.521. The van der Waals surface area contributed by atoms with Gasteiger partial charge in [0.2, 0.25) is 15.9 Å². The highest BCUT2D eigenvalue weighted by Gasteiger charge is 2.33. The number of rotatable bonds is 8. The molecular weight excluding hydrogens is 438 g/mol. The summed E-state index contributed by atoms with van der Waals surface area (Å²) < 4.78 is 26.8. The number of nitrogens with zero attached hydrogens (tertiary/aromatic N) is 2. The lowest BCUT2D eigenvalue weighted by molar-refractivity contribution is -0.135. The Bertz CT molecular complexity index is 1060. The first kappa shape index (κ1) is 24.7. The number of piperazine rings is 1. The van der Waals surface area contributed by atoms with Crippen molar-refractivity contribution in [1.82, 2.24) is 14.5 Å². The number of carbonyl (C=O) groups is 2. The maximum atomic E-state index is 13.3. The average molecular weight is 470 g/mol. The summed E-state index contributed by atoms with van der Waals surface area (Å²) in [6.07, 6.45) is 2.30. The SMILES string of the molecule is CCC(C)C(NC(=O)c1ccccc1)C(=O)N1CCN(S(=O)(=O)C=Cc2ccccc2)CC1. The Morgan fingerprint density at radius 2 is 1.55 bits per heavy atom.